The van der Waals surface area contributed by atoms with Gasteiger partial charge in [0.2, 0.25) is 11.9 Å². The topological polar surface area (TPSA) is 79.4 Å². The zero-order valence-corrected chi connectivity index (χ0v) is 19.1. The van der Waals surface area contributed by atoms with E-state index in [9.17, 15) is 4.79 Å². The number of morpholine rings is 1. The Bertz CT molecular complexity index is 1310. The fourth-order valence-corrected chi connectivity index (χ4v) is 4.13. The van der Waals surface area contributed by atoms with Crippen molar-refractivity contribution in [2.75, 3.05) is 41.8 Å². The van der Waals surface area contributed by atoms with Crippen molar-refractivity contribution in [1.29, 1.82) is 0 Å². The molecule has 176 valence electrons. The predicted octanol–water partition coefficient (Wildman–Crippen LogP) is 5.19. The van der Waals surface area contributed by atoms with Gasteiger partial charge in [-0.1, -0.05) is 42.5 Å². The average molecular weight is 458 g/mol. The summed E-state index contributed by atoms with van der Waals surface area (Å²) in [7, 11) is 0. The van der Waals surface area contributed by atoms with Gasteiger partial charge in [-0.15, -0.1) is 0 Å². The molecule has 0 atom stereocenters. The maximum Gasteiger partial charge on any atom is 0.228 e. The third-order valence-corrected chi connectivity index (χ3v) is 5.81. The SMILES string of the molecule is Cc1cc(Nc2ccc(NC(=O)Cc3cccc4ccccc34)cc2)nc(N2CCOCC2)n1.[HH].[HH]. The van der Waals surface area contributed by atoms with E-state index in [-0.39, 0.29) is 8.76 Å². The van der Waals surface area contributed by atoms with Crippen LogP contribution in [0.4, 0.5) is 23.1 Å². The Balaban J connectivity index is 0.00000180. The Kier molecular flexibility index (Phi) is 6.35. The molecule has 0 aliphatic carbocycles. The van der Waals surface area contributed by atoms with Crippen LogP contribution in [-0.2, 0) is 16.0 Å². The lowest BCUT2D eigenvalue weighted by Gasteiger charge is -2.27. The van der Waals surface area contributed by atoms with Crippen molar-refractivity contribution in [3.8, 4) is 0 Å². The molecule has 1 saturated heterocycles. The second-order valence-corrected chi connectivity index (χ2v) is 8.36. The van der Waals surface area contributed by atoms with Crippen LogP contribution >= 0.6 is 0 Å². The first kappa shape index (κ1) is 21.9. The van der Waals surface area contributed by atoms with Gasteiger partial charge in [-0.05, 0) is 47.5 Å². The lowest BCUT2D eigenvalue weighted by molar-refractivity contribution is -0.115. The molecule has 4 aromatic rings. The summed E-state index contributed by atoms with van der Waals surface area (Å²) in [6.07, 6.45) is 0.325. The van der Waals surface area contributed by atoms with Crippen LogP contribution in [0.15, 0.2) is 72.8 Å². The van der Waals surface area contributed by atoms with E-state index < -0.39 is 0 Å². The third kappa shape index (κ3) is 5.15. The van der Waals surface area contributed by atoms with E-state index in [1.54, 1.807) is 0 Å². The zero-order valence-electron chi connectivity index (χ0n) is 19.1. The Morgan fingerprint density at radius 3 is 2.53 bits per heavy atom. The first-order valence-corrected chi connectivity index (χ1v) is 11.5. The highest BCUT2D eigenvalue weighted by molar-refractivity contribution is 5.96. The van der Waals surface area contributed by atoms with Crippen molar-refractivity contribution in [1.82, 2.24) is 9.97 Å². The molecular weight excluding hydrogens is 426 g/mol. The lowest BCUT2D eigenvalue weighted by Crippen LogP contribution is -2.37. The molecule has 1 aliphatic rings. The number of amides is 1. The third-order valence-electron chi connectivity index (χ3n) is 5.81. The molecule has 1 amide bonds. The number of carbonyl (C=O) groups excluding carboxylic acids is 1. The molecule has 0 spiro atoms. The Hall–Kier alpha value is -3.97. The van der Waals surface area contributed by atoms with Gasteiger partial charge in [-0.3, -0.25) is 4.79 Å². The second-order valence-electron chi connectivity index (χ2n) is 8.36. The van der Waals surface area contributed by atoms with Crippen LogP contribution in [0.2, 0.25) is 0 Å². The van der Waals surface area contributed by atoms with Crippen LogP contribution in [0.5, 0.6) is 0 Å². The van der Waals surface area contributed by atoms with E-state index in [1.165, 1.54) is 0 Å². The van der Waals surface area contributed by atoms with Crippen LogP contribution < -0.4 is 15.5 Å². The van der Waals surface area contributed by atoms with E-state index >= 15 is 0 Å². The number of hydrogen-bond donors (Lipinski definition) is 2. The summed E-state index contributed by atoms with van der Waals surface area (Å²) in [5.41, 5.74) is 3.56. The largest absolute Gasteiger partial charge is 0.378 e. The monoisotopic (exact) mass is 457 g/mol. The Morgan fingerprint density at radius 1 is 0.971 bits per heavy atom. The predicted molar refractivity (Wildman–Crippen MR) is 140 cm³/mol. The van der Waals surface area contributed by atoms with Crippen LogP contribution in [0.25, 0.3) is 10.8 Å². The number of nitrogens with zero attached hydrogens (tertiary/aromatic N) is 3. The van der Waals surface area contributed by atoms with E-state index in [4.69, 9.17) is 4.74 Å². The molecule has 1 aromatic heterocycles. The highest BCUT2D eigenvalue weighted by atomic mass is 16.5. The molecule has 2 N–H and O–H groups in total. The van der Waals surface area contributed by atoms with Gasteiger partial charge < -0.3 is 20.3 Å². The smallest absolute Gasteiger partial charge is 0.228 e. The molecule has 3 aromatic carbocycles. The fourth-order valence-electron chi connectivity index (χ4n) is 4.13. The summed E-state index contributed by atoms with van der Waals surface area (Å²) in [6.45, 7) is 4.92. The number of fused-ring (bicyclic) bond motifs is 1. The molecule has 2 heterocycles. The summed E-state index contributed by atoms with van der Waals surface area (Å²) in [5.74, 6) is 1.41. The number of aryl methyl sites for hydroxylation is 1. The molecule has 7 heteroatoms. The van der Waals surface area contributed by atoms with Crippen LogP contribution in [0, 0.1) is 6.92 Å². The van der Waals surface area contributed by atoms with Gasteiger partial charge in [-0.2, -0.15) is 4.98 Å². The number of hydrogen-bond acceptors (Lipinski definition) is 6. The molecule has 0 saturated carbocycles. The summed E-state index contributed by atoms with van der Waals surface area (Å²) in [5, 5.41) is 8.59. The minimum Gasteiger partial charge on any atom is -0.378 e. The zero-order chi connectivity index (χ0) is 23.3. The molecule has 5 rings (SSSR count). The highest BCUT2D eigenvalue weighted by Gasteiger charge is 2.15. The number of ether oxygens (including phenoxy) is 1. The van der Waals surface area contributed by atoms with Crippen molar-refractivity contribution in [2.45, 2.75) is 13.3 Å². The van der Waals surface area contributed by atoms with Crippen LogP contribution in [0.3, 0.4) is 0 Å². The quantitative estimate of drug-likeness (QED) is 0.415. The minimum absolute atomic E-state index is 0. The maximum atomic E-state index is 12.7. The van der Waals surface area contributed by atoms with Crippen molar-refractivity contribution in [2.24, 2.45) is 0 Å². The summed E-state index contributed by atoms with van der Waals surface area (Å²) >= 11 is 0. The normalized spacial score (nSPS) is 13.6. The number of carbonyl (C=O) groups is 1. The van der Waals surface area contributed by atoms with E-state index in [1.807, 2.05) is 61.5 Å². The maximum absolute atomic E-state index is 12.7. The van der Waals surface area contributed by atoms with Gasteiger partial charge >= 0.3 is 0 Å². The summed E-state index contributed by atoms with van der Waals surface area (Å²) in [6, 6.07) is 23.7. The van der Waals surface area contributed by atoms with Crippen molar-refractivity contribution in [3.63, 3.8) is 0 Å². The van der Waals surface area contributed by atoms with Gasteiger partial charge in [-0.25, -0.2) is 4.98 Å². The van der Waals surface area contributed by atoms with Crippen molar-refractivity contribution < 1.29 is 12.4 Å². The number of aromatic nitrogens is 2. The minimum atomic E-state index is -0.0429. The lowest BCUT2D eigenvalue weighted by atomic mass is 10.0. The molecule has 7 nitrogen and oxygen atoms in total. The van der Waals surface area contributed by atoms with Gasteiger partial charge in [0.1, 0.15) is 5.82 Å². The van der Waals surface area contributed by atoms with E-state index in [2.05, 4.69) is 43.7 Å². The standard InChI is InChI=1S/C27H27N5O2.2H2/c1-19-17-25(31-27(28-19)32-13-15-34-16-14-32)29-22-9-11-23(12-10-22)30-26(33)18-21-7-4-6-20-5-2-3-8-24(20)21;;/h2-12,17H,13-16,18H2,1H3,(H,30,33)(H,28,29,31);2*1H. The molecule has 1 aliphatic heterocycles. The van der Waals surface area contributed by atoms with Gasteiger partial charge in [0.05, 0.1) is 19.6 Å². The van der Waals surface area contributed by atoms with Crippen molar-refractivity contribution >= 4 is 39.8 Å². The first-order chi connectivity index (χ1) is 16.6. The number of nitrogens with one attached hydrogen (secondary N) is 2. The summed E-state index contributed by atoms with van der Waals surface area (Å²) < 4.78 is 5.43. The van der Waals surface area contributed by atoms with Gasteiger partial charge in [0, 0.05) is 39.1 Å². The molecule has 0 radical (unpaired) electrons. The second kappa shape index (κ2) is 9.89. The van der Waals surface area contributed by atoms with Gasteiger partial charge in [0.25, 0.3) is 0 Å². The van der Waals surface area contributed by atoms with Crippen LogP contribution in [-0.4, -0.2) is 42.2 Å². The molecule has 0 unspecified atom stereocenters. The molecular formula is C27H31N5O2. The molecule has 1 fully saturated rings. The Labute approximate surface area is 201 Å². The molecule has 0 bridgehead atoms. The van der Waals surface area contributed by atoms with Crippen molar-refractivity contribution in [3.05, 3.63) is 84.1 Å². The van der Waals surface area contributed by atoms with Crippen LogP contribution in [0.1, 0.15) is 14.1 Å². The Morgan fingerprint density at radius 2 is 1.71 bits per heavy atom. The fraction of sp³-hybridized carbons (Fsp3) is 0.222. The van der Waals surface area contributed by atoms with E-state index in [0.717, 1.165) is 52.3 Å². The highest BCUT2D eigenvalue weighted by Crippen LogP contribution is 2.22. The summed E-state index contributed by atoms with van der Waals surface area (Å²) in [4.78, 5) is 24.0. The number of benzene rings is 3. The number of rotatable bonds is 6. The van der Waals surface area contributed by atoms with E-state index in [0.29, 0.717) is 25.6 Å². The molecule has 34 heavy (non-hydrogen) atoms. The number of anilines is 4. The van der Waals surface area contributed by atoms with Gasteiger partial charge in [0.15, 0.2) is 0 Å². The first-order valence-electron chi connectivity index (χ1n) is 11.5. The average Bonchev–Trinajstić information content (AvgIpc) is 2.86.